The van der Waals surface area contributed by atoms with Gasteiger partial charge in [0.15, 0.2) is 6.29 Å². The van der Waals surface area contributed by atoms with Gasteiger partial charge < -0.3 is 64.5 Å². The third kappa shape index (κ3) is 11.2. The van der Waals surface area contributed by atoms with Gasteiger partial charge in [0.05, 0.1) is 19.8 Å². The van der Waals surface area contributed by atoms with E-state index in [4.69, 9.17) is 24.1 Å². The van der Waals surface area contributed by atoms with Gasteiger partial charge in [0.25, 0.3) is 0 Å². The number of hydrogen-bond donors (Lipinski definition) is 8. The zero-order chi connectivity index (χ0) is 30.4. The molecule has 14 nitrogen and oxygen atoms in total. The van der Waals surface area contributed by atoms with E-state index in [1.54, 1.807) is 0 Å². The number of rotatable bonds is 17. The van der Waals surface area contributed by atoms with Gasteiger partial charge in [0, 0.05) is 6.42 Å². The van der Waals surface area contributed by atoms with E-state index in [1.807, 2.05) is 0 Å². The van der Waals surface area contributed by atoms with Crippen LogP contribution in [0.4, 0.5) is 0 Å². The number of carbonyl (C=O) groups excluding carboxylic acids is 1. The molecule has 3 aliphatic heterocycles. The average molecular weight is 599 g/mol. The molecule has 10 atom stereocenters. The van der Waals surface area contributed by atoms with E-state index >= 15 is 0 Å². The maximum atomic E-state index is 12.1. The van der Waals surface area contributed by atoms with Gasteiger partial charge in [-0.2, -0.15) is 0 Å². The molecule has 3 heterocycles. The maximum absolute atomic E-state index is 12.1. The highest BCUT2D eigenvalue weighted by atomic mass is 16.8. The van der Waals surface area contributed by atoms with Crippen molar-refractivity contribution in [3.05, 3.63) is 0 Å². The molecule has 0 aromatic rings. The summed E-state index contributed by atoms with van der Waals surface area (Å²) in [5, 5.41) is 78.2. The van der Waals surface area contributed by atoms with E-state index in [0.717, 1.165) is 25.9 Å². The van der Waals surface area contributed by atoms with Crippen LogP contribution in [-0.4, -0.2) is 141 Å². The molecule has 1 unspecified atom stereocenters. The van der Waals surface area contributed by atoms with Gasteiger partial charge in [-0.25, -0.2) is 0 Å². The summed E-state index contributed by atoms with van der Waals surface area (Å²) in [6, 6.07) is 0. The van der Waals surface area contributed by atoms with Crippen LogP contribution in [0.3, 0.4) is 0 Å². The first-order chi connectivity index (χ1) is 19.6. The summed E-state index contributed by atoms with van der Waals surface area (Å²) >= 11 is 0. The van der Waals surface area contributed by atoms with E-state index in [2.05, 4.69) is 11.7 Å². The Morgan fingerprint density at radius 1 is 0.805 bits per heavy atom. The maximum Gasteiger partial charge on any atom is 0.305 e. The molecule has 3 saturated heterocycles. The first-order valence-corrected chi connectivity index (χ1v) is 14.6. The number of unbranched alkanes of at least 4 members (excludes halogenated alkanes) is 8. The Hall–Kier alpha value is -1.01. The van der Waals surface area contributed by atoms with Crippen molar-refractivity contribution in [2.45, 2.75) is 132 Å². The van der Waals surface area contributed by atoms with Crippen molar-refractivity contribution in [2.75, 3.05) is 33.0 Å². The zero-order valence-electron chi connectivity index (χ0n) is 23.8. The number of hydrogen-bond acceptors (Lipinski definition) is 14. The third-order valence-electron chi connectivity index (χ3n) is 7.39. The average Bonchev–Trinajstić information content (AvgIpc) is 3.79. The van der Waals surface area contributed by atoms with Crippen LogP contribution in [0.2, 0.25) is 0 Å². The summed E-state index contributed by atoms with van der Waals surface area (Å²) in [7, 11) is 0. The number of aliphatic hydroxyl groups is 8. The second-order valence-corrected chi connectivity index (χ2v) is 10.8. The molecule has 0 radical (unpaired) electrons. The lowest BCUT2D eigenvalue weighted by atomic mass is 9.99. The summed E-state index contributed by atoms with van der Waals surface area (Å²) in [5.74, 6) is -2.76. The molecule has 0 aromatic heterocycles. The Bertz CT molecular complexity index is 724. The highest BCUT2D eigenvalue weighted by molar-refractivity contribution is 5.69. The number of aliphatic hydroxyl groups excluding tert-OH is 8. The molecule has 14 heteroatoms. The Balaban J connectivity index is 0.00000106. The molecule has 3 aliphatic rings. The fourth-order valence-electron chi connectivity index (χ4n) is 4.62. The van der Waals surface area contributed by atoms with E-state index in [9.17, 15) is 40.5 Å². The number of epoxide rings is 1. The summed E-state index contributed by atoms with van der Waals surface area (Å²) in [5.41, 5.74) is 0. The lowest BCUT2D eigenvalue weighted by Gasteiger charge is -2.43. The molecular weight excluding hydrogens is 548 g/mol. The minimum absolute atomic E-state index is 0.190. The largest absolute Gasteiger partial charge is 0.463 e. The molecule has 0 bridgehead atoms. The van der Waals surface area contributed by atoms with Crippen molar-refractivity contribution in [1.82, 2.24) is 0 Å². The molecule has 0 aliphatic carbocycles. The van der Waals surface area contributed by atoms with Crippen molar-refractivity contribution in [3.8, 4) is 0 Å². The Morgan fingerprint density at radius 2 is 1.41 bits per heavy atom. The summed E-state index contributed by atoms with van der Waals surface area (Å²) < 4.78 is 25.9. The number of ether oxygens (including phenoxy) is 5. The SMILES string of the molecule is CCCCCCCCCCCC(=O)OC[C@H]1O[C@H](O[C@]2(CO)O[C@H](CO)[C@@H](O)[C@@H]2O)[C@H](O)[C@@H](O)[C@@H]1O.OCC1CO1. The zero-order valence-corrected chi connectivity index (χ0v) is 23.8. The number of esters is 1. The molecule has 0 saturated carbocycles. The van der Waals surface area contributed by atoms with Crippen molar-refractivity contribution in [2.24, 2.45) is 0 Å². The first-order valence-electron chi connectivity index (χ1n) is 14.6. The van der Waals surface area contributed by atoms with E-state index in [1.165, 1.54) is 32.1 Å². The Kier molecular flexibility index (Phi) is 16.4. The lowest BCUT2D eigenvalue weighted by Crippen LogP contribution is -2.62. The van der Waals surface area contributed by atoms with Gasteiger partial charge in [-0.15, -0.1) is 0 Å². The van der Waals surface area contributed by atoms with Gasteiger partial charge in [-0.05, 0) is 6.42 Å². The molecule has 0 amide bonds. The quantitative estimate of drug-likeness (QED) is 0.0539. The Morgan fingerprint density at radius 3 is 1.90 bits per heavy atom. The highest BCUT2D eigenvalue weighted by Gasteiger charge is 2.58. The summed E-state index contributed by atoms with van der Waals surface area (Å²) in [6.07, 6.45) is -2.62. The fourth-order valence-corrected chi connectivity index (χ4v) is 4.62. The van der Waals surface area contributed by atoms with E-state index < -0.39 is 80.6 Å². The second-order valence-electron chi connectivity index (χ2n) is 10.8. The van der Waals surface area contributed by atoms with Crippen LogP contribution in [0.1, 0.15) is 71.1 Å². The molecule has 0 aromatic carbocycles. The van der Waals surface area contributed by atoms with Crippen molar-refractivity contribution in [3.63, 3.8) is 0 Å². The molecule has 0 spiro atoms. The topological polar surface area (TPSA) is 228 Å². The number of carbonyl (C=O) groups is 1. The van der Waals surface area contributed by atoms with Crippen LogP contribution < -0.4 is 0 Å². The second kappa shape index (κ2) is 18.6. The van der Waals surface area contributed by atoms with Crippen molar-refractivity contribution < 1.29 is 69.3 Å². The van der Waals surface area contributed by atoms with Gasteiger partial charge in [-0.1, -0.05) is 58.3 Å². The monoisotopic (exact) mass is 598 g/mol. The smallest absolute Gasteiger partial charge is 0.305 e. The van der Waals surface area contributed by atoms with E-state index in [-0.39, 0.29) is 19.1 Å². The van der Waals surface area contributed by atoms with Gasteiger partial charge in [-0.3, -0.25) is 4.79 Å². The van der Waals surface area contributed by atoms with Crippen LogP contribution in [-0.2, 0) is 28.5 Å². The normalized spacial score (nSPS) is 36.5. The molecule has 8 N–H and O–H groups in total. The van der Waals surface area contributed by atoms with Crippen molar-refractivity contribution in [1.29, 1.82) is 0 Å². The van der Waals surface area contributed by atoms with Gasteiger partial charge in [0.1, 0.15) is 62.0 Å². The molecule has 3 fully saturated rings. The van der Waals surface area contributed by atoms with Crippen LogP contribution >= 0.6 is 0 Å². The van der Waals surface area contributed by atoms with Crippen LogP contribution in [0, 0.1) is 0 Å². The molecule has 41 heavy (non-hydrogen) atoms. The minimum atomic E-state index is -2.27. The first kappa shape index (κ1) is 36.2. The van der Waals surface area contributed by atoms with Crippen LogP contribution in [0.5, 0.6) is 0 Å². The lowest BCUT2D eigenvalue weighted by molar-refractivity contribution is -0.383. The predicted molar refractivity (Wildman–Crippen MR) is 141 cm³/mol. The molecule has 3 rings (SSSR count). The van der Waals surface area contributed by atoms with E-state index in [0.29, 0.717) is 6.42 Å². The minimum Gasteiger partial charge on any atom is -0.463 e. The molecule has 242 valence electrons. The van der Waals surface area contributed by atoms with Crippen LogP contribution in [0.25, 0.3) is 0 Å². The Labute approximate surface area is 240 Å². The van der Waals surface area contributed by atoms with Gasteiger partial charge >= 0.3 is 5.97 Å². The van der Waals surface area contributed by atoms with Gasteiger partial charge in [0.2, 0.25) is 5.79 Å². The fraction of sp³-hybridized carbons (Fsp3) is 0.963. The standard InChI is InChI=1S/C24H44O12.C3H6O2/c1-2-3-4-5-6-7-8-9-10-11-17(27)33-13-16-18(28)20(30)21(31)23(34-16)36-24(14-26)22(32)19(29)15(12-25)35-24;4-1-3-2-5-3/h15-16,18-23,25-26,28-32H,2-14H2,1H3;3-4H,1-2H2/t15-,16-,18-,19-,20+,21-,22+,23-,24+;/m1./s1. The van der Waals surface area contributed by atoms with Crippen molar-refractivity contribution >= 4 is 5.97 Å². The predicted octanol–water partition coefficient (Wildman–Crippen LogP) is -1.55. The highest BCUT2D eigenvalue weighted by Crippen LogP contribution is 2.36. The molecular formula is C27H50O14. The third-order valence-corrected chi connectivity index (χ3v) is 7.39. The summed E-state index contributed by atoms with van der Waals surface area (Å²) in [4.78, 5) is 12.1. The van der Waals surface area contributed by atoms with Crippen LogP contribution in [0.15, 0.2) is 0 Å². The summed E-state index contributed by atoms with van der Waals surface area (Å²) in [6.45, 7) is 1.04.